The topological polar surface area (TPSA) is 46.8 Å². The number of rotatable bonds is 10. The van der Waals surface area contributed by atoms with Crippen molar-refractivity contribution in [3.63, 3.8) is 0 Å². The highest BCUT2D eigenvalue weighted by molar-refractivity contribution is 6.11. The third kappa shape index (κ3) is 8.05. The first-order valence-corrected chi connectivity index (χ1v) is 24.3. The molecule has 0 aliphatic heterocycles. The maximum atomic E-state index is 5.41. The van der Waals surface area contributed by atoms with E-state index >= 15 is 0 Å². The monoisotopic (exact) mass is 919 g/mol. The van der Waals surface area contributed by atoms with Crippen LogP contribution in [0, 0.1) is 0 Å². The van der Waals surface area contributed by atoms with Gasteiger partial charge in [-0.3, -0.25) is 4.57 Å². The van der Waals surface area contributed by atoms with E-state index in [-0.39, 0.29) is 0 Å². The fraction of sp³-hybridized carbons (Fsp3) is 0. The first kappa shape index (κ1) is 42.4. The number of aromatic nitrogens is 4. The molecule has 0 atom stereocenters. The van der Waals surface area contributed by atoms with Crippen LogP contribution >= 0.6 is 0 Å². The second-order valence-electron chi connectivity index (χ2n) is 18.1. The second-order valence-corrected chi connectivity index (χ2v) is 18.1. The molecule has 0 unspecified atom stereocenters. The minimum Gasteiger partial charge on any atom is -0.310 e. The molecule has 2 aromatic heterocycles. The van der Waals surface area contributed by atoms with Crippen LogP contribution in [0.4, 0.5) is 17.1 Å². The van der Waals surface area contributed by atoms with Crippen LogP contribution in [0.15, 0.2) is 273 Å². The van der Waals surface area contributed by atoms with E-state index in [0.29, 0.717) is 17.6 Å². The highest BCUT2D eigenvalue weighted by Gasteiger charge is 2.22. The molecule has 2 heterocycles. The zero-order valence-corrected chi connectivity index (χ0v) is 39.2. The molecular formula is C67H45N5. The first-order valence-electron chi connectivity index (χ1n) is 24.3. The molecule has 0 bridgehead atoms. The Bertz CT molecular complexity index is 3960. The predicted molar refractivity (Wildman–Crippen MR) is 299 cm³/mol. The smallest absolute Gasteiger partial charge is 0.238 e. The average Bonchev–Trinajstić information content (AvgIpc) is 3.79. The summed E-state index contributed by atoms with van der Waals surface area (Å²) in [6.45, 7) is 0. The van der Waals surface area contributed by atoms with E-state index in [1.54, 1.807) is 0 Å². The molecule has 13 aromatic rings. The minimum absolute atomic E-state index is 0.533. The van der Waals surface area contributed by atoms with E-state index in [9.17, 15) is 0 Å². The fourth-order valence-corrected chi connectivity index (χ4v) is 9.98. The third-order valence-corrected chi connectivity index (χ3v) is 13.7. The summed E-state index contributed by atoms with van der Waals surface area (Å²) < 4.78 is 2.23. The summed E-state index contributed by atoms with van der Waals surface area (Å²) in [7, 11) is 0. The first-order chi connectivity index (χ1) is 35.7. The Hall–Kier alpha value is -9.71. The van der Waals surface area contributed by atoms with Crippen LogP contribution in [0.1, 0.15) is 0 Å². The molecule has 11 aromatic carbocycles. The van der Waals surface area contributed by atoms with Crippen molar-refractivity contribution in [1.82, 2.24) is 19.5 Å². The summed E-state index contributed by atoms with van der Waals surface area (Å²) in [5.74, 6) is 1.72. The lowest BCUT2D eigenvalue weighted by atomic mass is 10.0. The van der Waals surface area contributed by atoms with Crippen LogP contribution in [-0.4, -0.2) is 19.5 Å². The van der Waals surface area contributed by atoms with Crippen molar-refractivity contribution in [3.8, 4) is 73.2 Å². The Labute approximate surface area is 418 Å². The Morgan fingerprint density at radius 3 is 1.18 bits per heavy atom. The van der Waals surface area contributed by atoms with Gasteiger partial charge in [-0.1, -0.05) is 224 Å². The van der Waals surface area contributed by atoms with Gasteiger partial charge in [-0.25, -0.2) is 4.98 Å². The van der Waals surface area contributed by atoms with Crippen molar-refractivity contribution < 1.29 is 0 Å². The number of anilines is 3. The van der Waals surface area contributed by atoms with Crippen LogP contribution in [0.2, 0.25) is 0 Å². The zero-order valence-electron chi connectivity index (χ0n) is 39.2. The lowest BCUT2D eigenvalue weighted by molar-refractivity contribution is 0.953. The van der Waals surface area contributed by atoms with Crippen molar-refractivity contribution in [2.24, 2.45) is 0 Å². The normalized spacial score (nSPS) is 11.3. The van der Waals surface area contributed by atoms with E-state index in [4.69, 9.17) is 15.0 Å². The molecule has 0 saturated carbocycles. The SMILES string of the molecule is c1ccc(-c2ccc(N(c3ccc(-c4ccccc4)cc3)c3ccc4c5ccc(-c6ccccc6)cc5n(-c5nc(-c6ccccc6)nc(-c6ccc(-c7ccc8ccccc8c7)cc6)n5)c4c3)cc2)cc1. The molecule has 0 N–H and O–H groups in total. The van der Waals surface area contributed by atoms with Crippen molar-refractivity contribution in [2.75, 3.05) is 4.90 Å². The minimum atomic E-state index is 0.533. The quantitative estimate of drug-likeness (QED) is 0.137. The average molecular weight is 920 g/mol. The number of hydrogen-bond acceptors (Lipinski definition) is 4. The van der Waals surface area contributed by atoms with E-state index in [0.717, 1.165) is 83.4 Å². The van der Waals surface area contributed by atoms with Gasteiger partial charge in [0.2, 0.25) is 5.95 Å². The molecule has 0 aliphatic carbocycles. The lowest BCUT2D eigenvalue weighted by Crippen LogP contribution is -2.10. The molecule has 0 aliphatic rings. The summed E-state index contributed by atoms with van der Waals surface area (Å²) in [5.41, 5.74) is 16.0. The van der Waals surface area contributed by atoms with Crippen molar-refractivity contribution in [3.05, 3.63) is 273 Å². The Balaban J connectivity index is 1.01. The molecule has 0 amide bonds. The molecule has 0 saturated heterocycles. The highest BCUT2D eigenvalue weighted by Crippen LogP contribution is 2.42. The standard InChI is InChI=1S/C67H45N5/c1-5-15-46(16-6-1)50-31-36-58(37-32-50)71(59-38-33-51(34-39-59)47-17-7-2-8-18-47)60-40-42-62-61-41-35-57(48-19-9-3-10-20-48)44-63(61)72(64(62)45-60)67-69-65(53-22-11-4-12-23-53)68-66(70-67)54-28-25-52(26-29-54)56-30-27-49-21-13-14-24-55(49)43-56/h1-45H. The Kier molecular flexibility index (Phi) is 10.8. The summed E-state index contributed by atoms with van der Waals surface area (Å²) in [5, 5.41) is 4.63. The molecule has 5 heteroatoms. The van der Waals surface area contributed by atoms with E-state index < -0.39 is 0 Å². The molecular weight excluding hydrogens is 875 g/mol. The summed E-state index contributed by atoms with van der Waals surface area (Å²) >= 11 is 0. The third-order valence-electron chi connectivity index (χ3n) is 13.7. The van der Waals surface area contributed by atoms with Gasteiger partial charge in [0, 0.05) is 39.0 Å². The van der Waals surface area contributed by atoms with Crippen LogP contribution in [0.25, 0.3) is 106 Å². The number of fused-ring (bicyclic) bond motifs is 4. The number of benzene rings is 11. The van der Waals surface area contributed by atoms with Gasteiger partial charge in [-0.15, -0.1) is 0 Å². The van der Waals surface area contributed by atoms with Crippen molar-refractivity contribution in [2.45, 2.75) is 0 Å². The molecule has 0 radical (unpaired) electrons. The number of nitrogens with zero attached hydrogens (tertiary/aromatic N) is 5. The van der Waals surface area contributed by atoms with Gasteiger partial charge in [-0.2, -0.15) is 9.97 Å². The van der Waals surface area contributed by atoms with Gasteiger partial charge in [0.25, 0.3) is 0 Å². The van der Waals surface area contributed by atoms with Gasteiger partial charge in [0.1, 0.15) is 0 Å². The summed E-state index contributed by atoms with van der Waals surface area (Å²) in [4.78, 5) is 18.3. The molecule has 5 nitrogen and oxygen atoms in total. The van der Waals surface area contributed by atoms with Gasteiger partial charge in [0.05, 0.1) is 11.0 Å². The lowest BCUT2D eigenvalue weighted by Gasteiger charge is -2.26. The van der Waals surface area contributed by atoms with Crippen LogP contribution in [0.5, 0.6) is 0 Å². The summed E-state index contributed by atoms with van der Waals surface area (Å²) in [6.07, 6.45) is 0. The van der Waals surface area contributed by atoms with E-state index in [1.807, 2.05) is 18.2 Å². The largest absolute Gasteiger partial charge is 0.310 e. The predicted octanol–water partition coefficient (Wildman–Crippen LogP) is 17.6. The maximum Gasteiger partial charge on any atom is 0.238 e. The molecule has 72 heavy (non-hydrogen) atoms. The van der Waals surface area contributed by atoms with Gasteiger partial charge < -0.3 is 4.90 Å². The van der Waals surface area contributed by atoms with Gasteiger partial charge in [-0.05, 0) is 104 Å². The maximum absolute atomic E-state index is 5.41. The van der Waals surface area contributed by atoms with Crippen molar-refractivity contribution >= 4 is 49.6 Å². The van der Waals surface area contributed by atoms with E-state index in [2.05, 4.69) is 264 Å². The van der Waals surface area contributed by atoms with Crippen LogP contribution < -0.4 is 4.90 Å². The summed E-state index contributed by atoms with van der Waals surface area (Å²) in [6, 6.07) is 96.7. The highest BCUT2D eigenvalue weighted by atomic mass is 15.2. The number of hydrogen-bond donors (Lipinski definition) is 0. The molecule has 338 valence electrons. The van der Waals surface area contributed by atoms with Gasteiger partial charge in [0.15, 0.2) is 11.6 Å². The fourth-order valence-electron chi connectivity index (χ4n) is 9.98. The van der Waals surface area contributed by atoms with Gasteiger partial charge >= 0.3 is 0 Å². The Morgan fingerprint density at radius 2 is 0.611 bits per heavy atom. The van der Waals surface area contributed by atoms with Crippen LogP contribution in [0.3, 0.4) is 0 Å². The molecule has 13 rings (SSSR count). The second kappa shape index (κ2) is 18.3. The zero-order chi connectivity index (χ0) is 47.8. The Morgan fingerprint density at radius 1 is 0.250 bits per heavy atom. The molecule has 0 spiro atoms. The molecule has 0 fully saturated rings. The van der Waals surface area contributed by atoms with Crippen molar-refractivity contribution in [1.29, 1.82) is 0 Å². The van der Waals surface area contributed by atoms with E-state index in [1.165, 1.54) is 21.9 Å². The van der Waals surface area contributed by atoms with Crippen LogP contribution in [-0.2, 0) is 0 Å².